The summed E-state index contributed by atoms with van der Waals surface area (Å²) in [5.74, 6) is 1.96. The number of halogens is 2. The van der Waals surface area contributed by atoms with Gasteiger partial charge in [-0.25, -0.2) is 4.39 Å². The van der Waals surface area contributed by atoms with Crippen molar-refractivity contribution in [2.24, 2.45) is 10.9 Å². The highest BCUT2D eigenvalue weighted by Crippen LogP contribution is 2.30. The molecule has 0 aliphatic heterocycles. The first-order valence-electron chi connectivity index (χ1n) is 10.3. The molecule has 170 valence electrons. The van der Waals surface area contributed by atoms with Gasteiger partial charge in [0.1, 0.15) is 11.5 Å². The Hall–Kier alpha value is -2.23. The standard InChI is InChI=1S/C23H30FN3O3.HI/c1-15(18-7-9-22(20(24)12-18)30-14-16-4-5-16)27-23(25-2)26-11-10-17-6-8-19(29-3)13-21(17)28;/h6-9,12-13,15-16,28H,4-5,10-11,14H2,1-3H3,(H2,25,26,27);1H. The van der Waals surface area contributed by atoms with Crippen LogP contribution in [0.25, 0.3) is 0 Å². The second-order valence-electron chi connectivity index (χ2n) is 7.55. The summed E-state index contributed by atoms with van der Waals surface area (Å²) in [6, 6.07) is 10.2. The van der Waals surface area contributed by atoms with E-state index in [9.17, 15) is 9.50 Å². The third-order valence-electron chi connectivity index (χ3n) is 5.18. The Balaban J connectivity index is 0.00000341. The van der Waals surface area contributed by atoms with E-state index in [0.717, 1.165) is 11.1 Å². The summed E-state index contributed by atoms with van der Waals surface area (Å²) < 4.78 is 25.0. The van der Waals surface area contributed by atoms with Gasteiger partial charge in [-0.15, -0.1) is 24.0 Å². The summed E-state index contributed by atoms with van der Waals surface area (Å²) in [5.41, 5.74) is 1.62. The van der Waals surface area contributed by atoms with Crippen molar-refractivity contribution in [3.05, 3.63) is 53.3 Å². The minimum absolute atomic E-state index is 0. The van der Waals surface area contributed by atoms with Crippen LogP contribution in [0.4, 0.5) is 4.39 Å². The van der Waals surface area contributed by atoms with E-state index < -0.39 is 0 Å². The Morgan fingerprint density at radius 2 is 2.03 bits per heavy atom. The summed E-state index contributed by atoms with van der Waals surface area (Å²) in [6.07, 6.45) is 2.96. The molecular formula is C23H31FIN3O3. The number of aromatic hydroxyl groups is 1. The normalized spacial score (nSPS) is 14.4. The largest absolute Gasteiger partial charge is 0.508 e. The van der Waals surface area contributed by atoms with Crippen LogP contribution >= 0.6 is 24.0 Å². The zero-order valence-electron chi connectivity index (χ0n) is 18.2. The highest BCUT2D eigenvalue weighted by molar-refractivity contribution is 14.0. The van der Waals surface area contributed by atoms with E-state index in [1.807, 2.05) is 25.1 Å². The lowest BCUT2D eigenvalue weighted by atomic mass is 10.1. The molecule has 3 rings (SSSR count). The molecule has 2 aromatic rings. The lowest BCUT2D eigenvalue weighted by Crippen LogP contribution is -2.39. The third kappa shape index (κ3) is 7.45. The molecule has 8 heteroatoms. The van der Waals surface area contributed by atoms with Gasteiger partial charge in [-0.3, -0.25) is 4.99 Å². The molecule has 0 spiro atoms. The quantitative estimate of drug-likeness (QED) is 0.248. The molecule has 1 saturated carbocycles. The fraction of sp³-hybridized carbons (Fsp3) is 0.435. The van der Waals surface area contributed by atoms with Crippen molar-refractivity contribution >= 4 is 29.9 Å². The van der Waals surface area contributed by atoms with E-state index in [4.69, 9.17) is 9.47 Å². The topological polar surface area (TPSA) is 75.1 Å². The van der Waals surface area contributed by atoms with Gasteiger partial charge in [-0.05, 0) is 61.4 Å². The number of guanidine groups is 1. The molecule has 2 aromatic carbocycles. The van der Waals surface area contributed by atoms with Crippen molar-refractivity contribution in [3.63, 3.8) is 0 Å². The van der Waals surface area contributed by atoms with Gasteiger partial charge in [0.25, 0.3) is 0 Å². The molecule has 0 aromatic heterocycles. The van der Waals surface area contributed by atoms with Gasteiger partial charge >= 0.3 is 0 Å². The molecule has 1 unspecified atom stereocenters. The van der Waals surface area contributed by atoms with Gasteiger partial charge in [0.2, 0.25) is 0 Å². The molecular weight excluding hydrogens is 512 g/mol. The highest BCUT2D eigenvalue weighted by Gasteiger charge is 2.22. The first kappa shape index (κ1) is 25.0. The number of benzene rings is 2. The smallest absolute Gasteiger partial charge is 0.191 e. The number of phenols is 1. The average Bonchev–Trinajstić information content (AvgIpc) is 3.57. The molecule has 1 aliphatic carbocycles. The van der Waals surface area contributed by atoms with Crippen LogP contribution in [0.1, 0.15) is 36.9 Å². The molecule has 31 heavy (non-hydrogen) atoms. The number of ether oxygens (including phenoxy) is 2. The van der Waals surface area contributed by atoms with Crippen LogP contribution in [0.2, 0.25) is 0 Å². The Morgan fingerprint density at radius 1 is 1.26 bits per heavy atom. The molecule has 1 aliphatic rings. The molecule has 0 heterocycles. The summed E-state index contributed by atoms with van der Waals surface area (Å²) in [5, 5.41) is 16.5. The van der Waals surface area contributed by atoms with E-state index in [-0.39, 0.29) is 41.6 Å². The van der Waals surface area contributed by atoms with Crippen molar-refractivity contribution in [2.75, 3.05) is 27.3 Å². The predicted molar refractivity (Wildman–Crippen MR) is 131 cm³/mol. The Morgan fingerprint density at radius 3 is 2.65 bits per heavy atom. The number of methoxy groups -OCH3 is 1. The van der Waals surface area contributed by atoms with Crippen LogP contribution in [0.5, 0.6) is 17.2 Å². The van der Waals surface area contributed by atoms with Crippen LogP contribution in [0, 0.1) is 11.7 Å². The average molecular weight is 543 g/mol. The van der Waals surface area contributed by atoms with Crippen LogP contribution in [-0.4, -0.2) is 38.4 Å². The van der Waals surface area contributed by atoms with Crippen LogP contribution < -0.4 is 20.1 Å². The van der Waals surface area contributed by atoms with Gasteiger partial charge in [0.05, 0.1) is 19.8 Å². The van der Waals surface area contributed by atoms with Crippen molar-refractivity contribution in [3.8, 4) is 17.2 Å². The van der Waals surface area contributed by atoms with E-state index in [2.05, 4.69) is 15.6 Å². The van der Waals surface area contributed by atoms with E-state index >= 15 is 0 Å². The second-order valence-corrected chi connectivity index (χ2v) is 7.55. The van der Waals surface area contributed by atoms with Crippen molar-refractivity contribution in [2.45, 2.75) is 32.2 Å². The van der Waals surface area contributed by atoms with E-state index in [0.29, 0.717) is 42.9 Å². The molecule has 0 radical (unpaired) electrons. The van der Waals surface area contributed by atoms with Gasteiger partial charge < -0.3 is 25.2 Å². The summed E-state index contributed by atoms with van der Waals surface area (Å²) in [4.78, 5) is 4.22. The first-order valence-corrected chi connectivity index (χ1v) is 10.3. The number of hydrogen-bond donors (Lipinski definition) is 3. The van der Waals surface area contributed by atoms with Crippen LogP contribution in [0.3, 0.4) is 0 Å². The van der Waals surface area contributed by atoms with Gasteiger partial charge in [-0.1, -0.05) is 12.1 Å². The number of nitrogens with zero attached hydrogens (tertiary/aromatic N) is 1. The summed E-state index contributed by atoms with van der Waals surface area (Å²) >= 11 is 0. The fourth-order valence-corrected chi connectivity index (χ4v) is 3.08. The SMILES string of the molecule is CN=C(NCCc1ccc(OC)cc1O)NC(C)c1ccc(OCC2CC2)c(F)c1.I. The first-order chi connectivity index (χ1) is 14.5. The number of aliphatic imine (C=N–C) groups is 1. The Bertz CT molecular complexity index is 890. The fourth-order valence-electron chi connectivity index (χ4n) is 3.08. The summed E-state index contributed by atoms with van der Waals surface area (Å²) in [7, 11) is 3.25. The second kappa shape index (κ2) is 12.0. The monoisotopic (exact) mass is 543 g/mol. The van der Waals surface area contributed by atoms with E-state index in [1.54, 1.807) is 26.3 Å². The zero-order chi connectivity index (χ0) is 21.5. The highest BCUT2D eigenvalue weighted by atomic mass is 127. The van der Waals surface area contributed by atoms with Crippen LogP contribution in [0.15, 0.2) is 41.4 Å². The molecule has 3 N–H and O–H groups in total. The van der Waals surface area contributed by atoms with Crippen molar-refractivity contribution < 1.29 is 19.0 Å². The lowest BCUT2D eigenvalue weighted by molar-refractivity contribution is 0.285. The van der Waals surface area contributed by atoms with Crippen LogP contribution in [-0.2, 0) is 6.42 Å². The molecule has 0 saturated heterocycles. The Labute approximate surface area is 200 Å². The molecule has 6 nitrogen and oxygen atoms in total. The third-order valence-corrected chi connectivity index (χ3v) is 5.18. The maximum atomic E-state index is 14.4. The Kier molecular flexibility index (Phi) is 9.67. The number of rotatable bonds is 9. The van der Waals surface area contributed by atoms with Crippen molar-refractivity contribution in [1.82, 2.24) is 10.6 Å². The lowest BCUT2D eigenvalue weighted by Gasteiger charge is -2.19. The van der Waals surface area contributed by atoms with Gasteiger partial charge in [-0.2, -0.15) is 0 Å². The minimum Gasteiger partial charge on any atom is -0.508 e. The number of phenolic OH excluding ortho intramolecular Hbond substituents is 1. The minimum atomic E-state index is -0.347. The maximum absolute atomic E-state index is 14.4. The molecule has 1 atom stereocenters. The van der Waals surface area contributed by atoms with E-state index in [1.165, 1.54) is 18.9 Å². The molecule has 0 bridgehead atoms. The predicted octanol–water partition coefficient (Wildman–Crippen LogP) is 4.42. The molecule has 0 amide bonds. The van der Waals surface area contributed by atoms with Gasteiger partial charge in [0.15, 0.2) is 17.5 Å². The number of nitrogens with one attached hydrogen (secondary N) is 2. The van der Waals surface area contributed by atoms with Crippen molar-refractivity contribution in [1.29, 1.82) is 0 Å². The zero-order valence-corrected chi connectivity index (χ0v) is 20.5. The number of hydrogen-bond acceptors (Lipinski definition) is 4. The summed E-state index contributed by atoms with van der Waals surface area (Å²) in [6.45, 7) is 3.11. The molecule has 1 fully saturated rings. The maximum Gasteiger partial charge on any atom is 0.191 e. The van der Waals surface area contributed by atoms with Gasteiger partial charge in [0, 0.05) is 19.7 Å².